The van der Waals surface area contributed by atoms with Gasteiger partial charge in [0.25, 0.3) is 0 Å². The molecule has 2 aliphatic carbocycles. The first-order valence-electron chi connectivity index (χ1n) is 8.22. The number of rotatable bonds is 6. The Morgan fingerprint density at radius 1 is 1.40 bits per heavy atom. The molecule has 1 aliphatic heterocycles. The molecule has 1 heterocycles. The van der Waals surface area contributed by atoms with Crippen LogP contribution >= 0.6 is 0 Å². The molecule has 2 saturated carbocycles. The summed E-state index contributed by atoms with van der Waals surface area (Å²) in [5.41, 5.74) is 0. The number of hydrogen-bond acceptors (Lipinski definition) is 3. The van der Waals surface area contributed by atoms with Crippen molar-refractivity contribution in [1.82, 2.24) is 10.2 Å². The average molecular weight is 280 g/mol. The molecule has 20 heavy (non-hydrogen) atoms. The summed E-state index contributed by atoms with van der Waals surface area (Å²) >= 11 is 0. The van der Waals surface area contributed by atoms with Gasteiger partial charge in [0.05, 0.1) is 6.61 Å². The van der Waals surface area contributed by atoms with Gasteiger partial charge in [0, 0.05) is 32.2 Å². The van der Waals surface area contributed by atoms with Crippen molar-refractivity contribution in [3.05, 3.63) is 0 Å². The molecule has 4 atom stereocenters. The summed E-state index contributed by atoms with van der Waals surface area (Å²) < 4.78 is 5.15. The lowest BCUT2D eigenvalue weighted by Gasteiger charge is -2.30. The molecule has 1 saturated heterocycles. The molecule has 3 fully saturated rings. The minimum atomic E-state index is 0.345. The Hall–Kier alpha value is -0.610. The summed E-state index contributed by atoms with van der Waals surface area (Å²) in [6, 6.07) is 1.23. The second-order valence-electron chi connectivity index (χ2n) is 6.93. The predicted octanol–water partition coefficient (Wildman–Crippen LogP) is 1.65. The Morgan fingerprint density at radius 3 is 2.85 bits per heavy atom. The molecule has 114 valence electrons. The van der Waals surface area contributed by atoms with E-state index < -0.39 is 0 Å². The summed E-state index contributed by atoms with van der Waals surface area (Å²) in [4.78, 5) is 14.3. The highest BCUT2D eigenvalue weighted by Gasteiger charge is 2.50. The molecule has 0 bridgehead atoms. The minimum absolute atomic E-state index is 0.345. The second kappa shape index (κ2) is 6.02. The summed E-state index contributed by atoms with van der Waals surface area (Å²) in [6.45, 7) is 4.91. The van der Waals surface area contributed by atoms with Crippen LogP contribution in [-0.2, 0) is 9.53 Å². The summed E-state index contributed by atoms with van der Waals surface area (Å²) in [5.74, 6) is 2.33. The van der Waals surface area contributed by atoms with Crippen molar-refractivity contribution >= 4 is 5.91 Å². The van der Waals surface area contributed by atoms with Crippen LogP contribution in [0.3, 0.4) is 0 Å². The third-order valence-corrected chi connectivity index (χ3v) is 5.80. The first-order chi connectivity index (χ1) is 9.70. The van der Waals surface area contributed by atoms with Crippen molar-refractivity contribution in [3.8, 4) is 0 Å². The molecule has 1 amide bonds. The first kappa shape index (κ1) is 14.3. The molecular formula is C16H28N2O2. The van der Waals surface area contributed by atoms with Crippen molar-refractivity contribution in [2.45, 2.75) is 51.1 Å². The molecule has 0 aromatic heterocycles. The highest BCUT2D eigenvalue weighted by molar-refractivity contribution is 5.79. The Labute approximate surface area is 122 Å². The zero-order valence-corrected chi connectivity index (χ0v) is 12.8. The highest BCUT2D eigenvalue weighted by Crippen LogP contribution is 2.45. The van der Waals surface area contributed by atoms with Crippen LogP contribution in [0, 0.1) is 17.8 Å². The fraction of sp³-hybridized carbons (Fsp3) is 0.938. The topological polar surface area (TPSA) is 41.6 Å². The van der Waals surface area contributed by atoms with Gasteiger partial charge in [0.15, 0.2) is 0 Å². The molecule has 0 aromatic rings. The van der Waals surface area contributed by atoms with Crippen molar-refractivity contribution in [1.29, 1.82) is 0 Å². The molecule has 0 aromatic carbocycles. The van der Waals surface area contributed by atoms with E-state index in [4.69, 9.17) is 4.74 Å². The van der Waals surface area contributed by atoms with Gasteiger partial charge in [-0.25, -0.2) is 0 Å². The molecule has 4 heteroatoms. The number of ether oxygens (including phenoxy) is 1. The summed E-state index contributed by atoms with van der Waals surface area (Å²) in [5, 5.41) is 3.72. The molecule has 0 spiro atoms. The van der Waals surface area contributed by atoms with Gasteiger partial charge >= 0.3 is 0 Å². The Bertz CT molecular complexity index is 356. The molecule has 0 radical (unpaired) electrons. The van der Waals surface area contributed by atoms with Crippen LogP contribution in [0.5, 0.6) is 0 Å². The molecule has 4 nitrogen and oxygen atoms in total. The van der Waals surface area contributed by atoms with Gasteiger partial charge in [-0.1, -0.05) is 13.3 Å². The summed E-state index contributed by atoms with van der Waals surface area (Å²) in [7, 11) is 1.71. The largest absolute Gasteiger partial charge is 0.383 e. The number of nitrogens with zero attached hydrogens (tertiary/aromatic N) is 1. The first-order valence-corrected chi connectivity index (χ1v) is 8.22. The van der Waals surface area contributed by atoms with E-state index in [0.29, 0.717) is 30.4 Å². The van der Waals surface area contributed by atoms with Crippen LogP contribution < -0.4 is 5.32 Å². The van der Waals surface area contributed by atoms with Gasteiger partial charge in [-0.2, -0.15) is 0 Å². The van der Waals surface area contributed by atoms with Gasteiger partial charge in [-0.15, -0.1) is 0 Å². The Balaban J connectivity index is 1.58. The van der Waals surface area contributed by atoms with E-state index >= 15 is 0 Å². The fourth-order valence-corrected chi connectivity index (χ4v) is 4.34. The van der Waals surface area contributed by atoms with Gasteiger partial charge in [-0.3, -0.25) is 4.79 Å². The second-order valence-corrected chi connectivity index (χ2v) is 6.93. The minimum Gasteiger partial charge on any atom is -0.383 e. The van der Waals surface area contributed by atoms with Crippen molar-refractivity contribution in [2.75, 3.05) is 26.8 Å². The van der Waals surface area contributed by atoms with E-state index in [1.807, 2.05) is 0 Å². The van der Waals surface area contributed by atoms with Crippen LogP contribution in [0.4, 0.5) is 0 Å². The van der Waals surface area contributed by atoms with Crippen molar-refractivity contribution in [2.24, 2.45) is 17.8 Å². The van der Waals surface area contributed by atoms with Crippen LogP contribution in [0.25, 0.3) is 0 Å². The molecule has 0 unspecified atom stereocenters. The highest BCUT2D eigenvalue weighted by atomic mass is 16.5. The van der Waals surface area contributed by atoms with Crippen LogP contribution in [-0.4, -0.2) is 49.7 Å². The maximum absolute atomic E-state index is 12.2. The van der Waals surface area contributed by atoms with E-state index in [-0.39, 0.29) is 0 Å². The maximum Gasteiger partial charge on any atom is 0.223 e. The van der Waals surface area contributed by atoms with Crippen LogP contribution in [0.2, 0.25) is 0 Å². The van der Waals surface area contributed by atoms with Crippen LogP contribution in [0.15, 0.2) is 0 Å². The number of hydrogen-bond donors (Lipinski definition) is 1. The van der Waals surface area contributed by atoms with Crippen molar-refractivity contribution < 1.29 is 9.53 Å². The molecule has 1 N–H and O–H groups in total. The Morgan fingerprint density at radius 2 is 2.20 bits per heavy atom. The molecular weight excluding hydrogens is 252 g/mol. The quantitative estimate of drug-likeness (QED) is 0.804. The van der Waals surface area contributed by atoms with E-state index in [9.17, 15) is 4.79 Å². The SMILES string of the molecule is COCCN1C(=O)C[C@H]2[C@H](CNC3CCC3)[C@@H](C)C[C@H]21. The lowest BCUT2D eigenvalue weighted by molar-refractivity contribution is -0.129. The van der Waals surface area contributed by atoms with Gasteiger partial charge in [-0.05, 0) is 43.6 Å². The number of nitrogens with one attached hydrogen (secondary N) is 1. The lowest BCUT2D eigenvalue weighted by Crippen LogP contribution is -2.40. The van der Waals surface area contributed by atoms with E-state index in [1.165, 1.54) is 25.7 Å². The third-order valence-electron chi connectivity index (χ3n) is 5.80. The summed E-state index contributed by atoms with van der Waals surface area (Å²) in [6.07, 6.45) is 6.00. The average Bonchev–Trinajstić information content (AvgIpc) is 2.81. The van der Waals surface area contributed by atoms with E-state index in [1.54, 1.807) is 7.11 Å². The van der Waals surface area contributed by atoms with E-state index in [2.05, 4.69) is 17.1 Å². The monoisotopic (exact) mass is 280 g/mol. The lowest BCUT2D eigenvalue weighted by atomic mass is 9.87. The van der Waals surface area contributed by atoms with Gasteiger partial charge < -0.3 is 15.0 Å². The van der Waals surface area contributed by atoms with Crippen LogP contribution in [0.1, 0.15) is 39.0 Å². The number of carbonyl (C=O) groups excluding carboxylic acids is 1. The third kappa shape index (κ3) is 2.60. The smallest absolute Gasteiger partial charge is 0.223 e. The fourth-order valence-electron chi connectivity index (χ4n) is 4.34. The standard InChI is InChI=1S/C16H28N2O2/c1-11-8-15-13(9-16(19)18(15)6-7-20-2)14(11)10-17-12-4-3-5-12/h11-15,17H,3-10H2,1-2H3/t11-,13-,14+,15+/m0/s1. The number of carbonyl (C=O) groups is 1. The number of likely N-dealkylation sites (tertiary alicyclic amines) is 1. The predicted molar refractivity (Wildman–Crippen MR) is 78.4 cm³/mol. The number of methoxy groups -OCH3 is 1. The normalized spacial score (nSPS) is 37.3. The zero-order chi connectivity index (χ0) is 14.1. The number of amides is 1. The number of fused-ring (bicyclic) bond motifs is 1. The Kier molecular flexibility index (Phi) is 4.32. The van der Waals surface area contributed by atoms with Gasteiger partial charge in [0.2, 0.25) is 5.91 Å². The zero-order valence-electron chi connectivity index (χ0n) is 12.8. The van der Waals surface area contributed by atoms with Crippen molar-refractivity contribution in [3.63, 3.8) is 0 Å². The van der Waals surface area contributed by atoms with E-state index in [0.717, 1.165) is 31.5 Å². The van der Waals surface area contributed by atoms with Gasteiger partial charge in [0.1, 0.15) is 0 Å². The molecule has 3 rings (SSSR count). The molecule has 3 aliphatic rings. The maximum atomic E-state index is 12.2.